The number of aromatic hydroxyl groups is 1. The summed E-state index contributed by atoms with van der Waals surface area (Å²) in [7, 11) is 1.43. The van der Waals surface area contributed by atoms with E-state index in [1.807, 2.05) is 0 Å². The van der Waals surface area contributed by atoms with Crippen molar-refractivity contribution in [2.24, 2.45) is 0 Å². The standard InChI is InChI=1S/C22H26O10/c1-9-5-12-6-13(29-4)7-14(17(12)19(26)16(9)10(2)23)31-22-21(28)20(27)18(25)15(32-22)8-30-11(3)24/h5-7,15,18,20-22,25-28H,8H2,1-4H3. The molecular weight excluding hydrogens is 424 g/mol. The predicted octanol–water partition coefficient (Wildman–Crippen LogP) is 0.815. The summed E-state index contributed by atoms with van der Waals surface area (Å²) < 4.78 is 21.5. The van der Waals surface area contributed by atoms with Gasteiger partial charge in [-0.1, -0.05) is 6.07 Å². The lowest BCUT2D eigenvalue weighted by atomic mass is 9.96. The molecule has 1 fully saturated rings. The zero-order valence-corrected chi connectivity index (χ0v) is 18.1. The summed E-state index contributed by atoms with van der Waals surface area (Å²) in [5.74, 6) is -0.901. The Morgan fingerprint density at radius 1 is 1.06 bits per heavy atom. The van der Waals surface area contributed by atoms with Gasteiger partial charge in [-0.05, 0) is 30.9 Å². The maximum absolute atomic E-state index is 12.1. The van der Waals surface area contributed by atoms with E-state index >= 15 is 0 Å². The molecule has 5 atom stereocenters. The summed E-state index contributed by atoms with van der Waals surface area (Å²) in [4.78, 5) is 23.2. The molecule has 0 aliphatic carbocycles. The molecule has 2 aromatic carbocycles. The van der Waals surface area contributed by atoms with Gasteiger partial charge in [0.05, 0.1) is 18.1 Å². The number of aryl methyl sites for hydroxylation is 1. The normalized spacial score (nSPS) is 25.4. The molecule has 4 N–H and O–H groups in total. The molecule has 32 heavy (non-hydrogen) atoms. The minimum atomic E-state index is -1.67. The van der Waals surface area contributed by atoms with Crippen LogP contribution in [0.5, 0.6) is 17.2 Å². The van der Waals surface area contributed by atoms with E-state index in [4.69, 9.17) is 18.9 Å². The quantitative estimate of drug-likeness (QED) is 0.367. The van der Waals surface area contributed by atoms with Crippen molar-refractivity contribution >= 4 is 22.5 Å². The number of aliphatic hydroxyl groups is 3. The van der Waals surface area contributed by atoms with E-state index in [-0.39, 0.29) is 34.8 Å². The van der Waals surface area contributed by atoms with Crippen molar-refractivity contribution in [2.45, 2.75) is 51.5 Å². The molecule has 0 aromatic heterocycles. The fourth-order valence-electron chi connectivity index (χ4n) is 3.73. The zero-order valence-electron chi connectivity index (χ0n) is 18.1. The number of rotatable bonds is 6. The van der Waals surface area contributed by atoms with E-state index in [9.17, 15) is 30.0 Å². The van der Waals surface area contributed by atoms with Gasteiger partial charge in [0.1, 0.15) is 48.3 Å². The number of phenols is 1. The van der Waals surface area contributed by atoms with Crippen molar-refractivity contribution in [3.05, 3.63) is 29.3 Å². The Bertz CT molecular complexity index is 1030. The highest BCUT2D eigenvalue weighted by atomic mass is 16.7. The predicted molar refractivity (Wildman–Crippen MR) is 111 cm³/mol. The van der Waals surface area contributed by atoms with Crippen LogP contribution in [0.2, 0.25) is 0 Å². The van der Waals surface area contributed by atoms with Crippen LogP contribution in [0.1, 0.15) is 29.8 Å². The Hall–Kier alpha value is -2.92. The molecule has 10 nitrogen and oxygen atoms in total. The molecule has 0 saturated carbocycles. The van der Waals surface area contributed by atoms with Crippen LogP contribution in [0.25, 0.3) is 10.8 Å². The third kappa shape index (κ3) is 4.49. The molecule has 1 saturated heterocycles. The van der Waals surface area contributed by atoms with Crippen molar-refractivity contribution in [1.82, 2.24) is 0 Å². The third-order valence-corrected chi connectivity index (χ3v) is 5.30. The largest absolute Gasteiger partial charge is 0.506 e. The van der Waals surface area contributed by atoms with E-state index in [0.717, 1.165) is 0 Å². The summed E-state index contributed by atoms with van der Waals surface area (Å²) in [6.45, 7) is 3.80. The highest BCUT2D eigenvalue weighted by Crippen LogP contribution is 2.41. The molecule has 0 amide bonds. The number of methoxy groups -OCH3 is 1. The van der Waals surface area contributed by atoms with Crippen LogP contribution < -0.4 is 9.47 Å². The maximum atomic E-state index is 12.1. The lowest BCUT2D eigenvalue weighted by Gasteiger charge is -2.40. The lowest BCUT2D eigenvalue weighted by Crippen LogP contribution is -2.60. The molecule has 10 heteroatoms. The number of esters is 1. The van der Waals surface area contributed by atoms with Gasteiger partial charge in [0, 0.05) is 13.0 Å². The van der Waals surface area contributed by atoms with Crippen LogP contribution >= 0.6 is 0 Å². The molecule has 1 aliphatic heterocycles. The smallest absolute Gasteiger partial charge is 0.302 e. The first-order valence-corrected chi connectivity index (χ1v) is 9.90. The Morgan fingerprint density at radius 3 is 2.34 bits per heavy atom. The summed E-state index contributed by atoms with van der Waals surface area (Å²) >= 11 is 0. The Balaban J connectivity index is 2.05. The second kappa shape index (κ2) is 9.29. The number of Topliss-reactive ketones (excluding diaryl/α,β-unsaturated/α-hetero) is 1. The van der Waals surface area contributed by atoms with Gasteiger partial charge in [0.15, 0.2) is 5.78 Å². The van der Waals surface area contributed by atoms with E-state index in [2.05, 4.69) is 0 Å². The highest BCUT2D eigenvalue weighted by Gasteiger charge is 2.45. The van der Waals surface area contributed by atoms with Gasteiger partial charge in [-0.25, -0.2) is 0 Å². The van der Waals surface area contributed by atoms with Crippen LogP contribution in [-0.2, 0) is 14.3 Å². The molecule has 0 radical (unpaired) electrons. The number of hydrogen-bond acceptors (Lipinski definition) is 10. The Kier molecular flexibility index (Phi) is 6.89. The van der Waals surface area contributed by atoms with E-state index in [0.29, 0.717) is 16.7 Å². The summed E-state index contributed by atoms with van der Waals surface area (Å²) in [5, 5.41) is 42.3. The number of hydrogen-bond donors (Lipinski definition) is 4. The van der Waals surface area contributed by atoms with E-state index in [1.165, 1.54) is 27.0 Å². The Labute approximate surface area is 183 Å². The molecule has 1 heterocycles. The van der Waals surface area contributed by atoms with Crippen LogP contribution in [0.15, 0.2) is 18.2 Å². The second-order valence-corrected chi connectivity index (χ2v) is 7.63. The lowest BCUT2D eigenvalue weighted by molar-refractivity contribution is -0.278. The van der Waals surface area contributed by atoms with Gasteiger partial charge in [-0.15, -0.1) is 0 Å². The van der Waals surface area contributed by atoms with E-state index in [1.54, 1.807) is 19.1 Å². The molecule has 174 valence electrons. The van der Waals surface area contributed by atoms with Crippen molar-refractivity contribution in [3.63, 3.8) is 0 Å². The van der Waals surface area contributed by atoms with Gasteiger partial charge in [0.25, 0.3) is 0 Å². The van der Waals surface area contributed by atoms with Crippen molar-refractivity contribution < 1.29 is 49.0 Å². The van der Waals surface area contributed by atoms with Gasteiger partial charge < -0.3 is 39.4 Å². The number of carbonyl (C=O) groups excluding carboxylic acids is 2. The van der Waals surface area contributed by atoms with Crippen molar-refractivity contribution in [3.8, 4) is 17.2 Å². The highest BCUT2D eigenvalue weighted by molar-refractivity contribution is 6.07. The van der Waals surface area contributed by atoms with Crippen LogP contribution in [0.3, 0.4) is 0 Å². The summed E-state index contributed by atoms with van der Waals surface area (Å²) in [6.07, 6.45) is -7.53. The fourth-order valence-corrected chi connectivity index (χ4v) is 3.73. The van der Waals surface area contributed by atoms with Gasteiger partial charge in [0.2, 0.25) is 6.29 Å². The van der Waals surface area contributed by atoms with Crippen LogP contribution in [0.4, 0.5) is 0 Å². The zero-order chi connectivity index (χ0) is 23.7. The molecule has 1 aliphatic rings. The number of aliphatic hydroxyl groups excluding tert-OH is 3. The monoisotopic (exact) mass is 450 g/mol. The van der Waals surface area contributed by atoms with Gasteiger partial charge >= 0.3 is 5.97 Å². The minimum absolute atomic E-state index is 0.0122. The molecule has 5 unspecified atom stereocenters. The van der Waals surface area contributed by atoms with Gasteiger partial charge in [-0.3, -0.25) is 9.59 Å². The SMILES string of the molecule is COc1cc(OC2OC(COC(C)=O)C(O)C(O)C2O)c2c(O)c(C(C)=O)c(C)cc2c1. The fraction of sp³-hybridized carbons (Fsp3) is 0.455. The van der Waals surface area contributed by atoms with E-state index < -0.39 is 36.7 Å². The topological polar surface area (TPSA) is 152 Å². The third-order valence-electron chi connectivity index (χ3n) is 5.30. The number of carbonyl (C=O) groups is 2. The molecular formula is C22H26O10. The van der Waals surface area contributed by atoms with Crippen molar-refractivity contribution in [2.75, 3.05) is 13.7 Å². The number of benzene rings is 2. The number of phenolic OH excluding ortho intramolecular Hbond substituents is 1. The van der Waals surface area contributed by atoms with Crippen LogP contribution in [0, 0.1) is 6.92 Å². The molecule has 0 bridgehead atoms. The Morgan fingerprint density at radius 2 is 1.75 bits per heavy atom. The second-order valence-electron chi connectivity index (χ2n) is 7.63. The first-order valence-electron chi connectivity index (χ1n) is 9.90. The van der Waals surface area contributed by atoms with Crippen LogP contribution in [-0.4, -0.2) is 76.6 Å². The average molecular weight is 450 g/mol. The summed E-state index contributed by atoms with van der Waals surface area (Å²) in [5.41, 5.74) is 0.663. The molecule has 3 rings (SSSR count). The maximum Gasteiger partial charge on any atom is 0.302 e. The van der Waals surface area contributed by atoms with Crippen molar-refractivity contribution in [1.29, 1.82) is 0 Å². The number of ether oxygens (including phenoxy) is 4. The first kappa shape index (κ1) is 23.7. The molecule has 2 aromatic rings. The average Bonchev–Trinajstić information content (AvgIpc) is 2.72. The first-order chi connectivity index (χ1) is 15.0. The number of fused-ring (bicyclic) bond motifs is 1. The number of ketones is 1. The van der Waals surface area contributed by atoms with Gasteiger partial charge in [-0.2, -0.15) is 0 Å². The molecule has 0 spiro atoms. The summed E-state index contributed by atoms with van der Waals surface area (Å²) in [6, 6.07) is 4.75. The minimum Gasteiger partial charge on any atom is -0.506 e.